The van der Waals surface area contributed by atoms with Crippen LogP contribution in [0.5, 0.6) is 0 Å². The minimum Gasteiger partial charge on any atom is -0.339 e. The first-order valence-corrected chi connectivity index (χ1v) is 10.4. The Bertz CT molecular complexity index is 863. The number of halogens is 1. The average Bonchev–Trinajstić information content (AvgIpc) is 2.61. The van der Waals surface area contributed by atoms with Crippen LogP contribution in [0, 0.1) is 0 Å². The summed E-state index contributed by atoms with van der Waals surface area (Å²) in [5, 5.41) is 0.434. The standard InChI is InChI=1S/C19H23ClN2O3S/c1-3-11-22(12-4-2)19(23)15-7-5-10-18(13-15)26(24,25)21-17-9-6-8-16(20)14-17/h5-10,13-14,21H,3-4,11-12H2,1-2H3. The van der Waals surface area contributed by atoms with Crippen molar-refractivity contribution in [1.29, 1.82) is 0 Å². The number of rotatable bonds is 8. The lowest BCUT2D eigenvalue weighted by molar-refractivity contribution is 0.0755. The van der Waals surface area contributed by atoms with Crippen molar-refractivity contribution in [2.24, 2.45) is 0 Å². The maximum atomic E-state index is 12.7. The Kier molecular flexibility index (Phi) is 7.06. The van der Waals surface area contributed by atoms with Crippen molar-refractivity contribution < 1.29 is 13.2 Å². The third-order valence-electron chi connectivity index (χ3n) is 3.74. The highest BCUT2D eigenvalue weighted by Crippen LogP contribution is 2.20. The number of amides is 1. The first-order valence-electron chi connectivity index (χ1n) is 8.55. The fourth-order valence-corrected chi connectivity index (χ4v) is 3.88. The summed E-state index contributed by atoms with van der Waals surface area (Å²) in [5.41, 5.74) is 0.730. The summed E-state index contributed by atoms with van der Waals surface area (Å²) in [7, 11) is -3.82. The number of hydrogen-bond acceptors (Lipinski definition) is 3. The number of hydrogen-bond donors (Lipinski definition) is 1. The van der Waals surface area contributed by atoms with Gasteiger partial charge in [-0.2, -0.15) is 0 Å². The molecule has 0 aliphatic rings. The molecule has 0 radical (unpaired) electrons. The van der Waals surface area contributed by atoms with E-state index in [-0.39, 0.29) is 10.8 Å². The molecular weight excluding hydrogens is 372 g/mol. The van der Waals surface area contributed by atoms with Crippen LogP contribution in [0.3, 0.4) is 0 Å². The normalized spacial score (nSPS) is 11.2. The van der Waals surface area contributed by atoms with E-state index in [0.29, 0.717) is 29.4 Å². The molecule has 0 fully saturated rings. The zero-order valence-electron chi connectivity index (χ0n) is 14.9. The lowest BCUT2D eigenvalue weighted by Crippen LogP contribution is -2.32. The smallest absolute Gasteiger partial charge is 0.261 e. The molecule has 1 N–H and O–H groups in total. The van der Waals surface area contributed by atoms with Gasteiger partial charge in [-0.25, -0.2) is 8.42 Å². The molecule has 1 amide bonds. The van der Waals surface area contributed by atoms with Gasteiger partial charge in [0.05, 0.1) is 10.6 Å². The lowest BCUT2D eigenvalue weighted by Gasteiger charge is -2.21. The lowest BCUT2D eigenvalue weighted by atomic mass is 10.2. The maximum Gasteiger partial charge on any atom is 0.261 e. The van der Waals surface area contributed by atoms with E-state index < -0.39 is 10.0 Å². The molecule has 7 heteroatoms. The zero-order chi connectivity index (χ0) is 19.2. The van der Waals surface area contributed by atoms with Gasteiger partial charge in [-0.1, -0.05) is 37.6 Å². The predicted octanol–water partition coefficient (Wildman–Crippen LogP) is 4.40. The van der Waals surface area contributed by atoms with E-state index in [1.54, 1.807) is 35.2 Å². The van der Waals surface area contributed by atoms with Crippen LogP contribution in [-0.2, 0) is 10.0 Å². The maximum absolute atomic E-state index is 12.7. The number of nitrogens with one attached hydrogen (secondary N) is 1. The number of benzene rings is 2. The summed E-state index contributed by atoms with van der Waals surface area (Å²) in [6, 6.07) is 12.6. The summed E-state index contributed by atoms with van der Waals surface area (Å²) < 4.78 is 27.7. The molecule has 0 unspecified atom stereocenters. The second-order valence-electron chi connectivity index (χ2n) is 5.94. The summed E-state index contributed by atoms with van der Waals surface area (Å²) in [6.07, 6.45) is 1.69. The summed E-state index contributed by atoms with van der Waals surface area (Å²) in [5.74, 6) is -0.159. The van der Waals surface area contributed by atoms with Crippen molar-refractivity contribution >= 4 is 33.2 Å². The molecule has 0 spiro atoms. The van der Waals surface area contributed by atoms with Crippen LogP contribution in [0.25, 0.3) is 0 Å². The topological polar surface area (TPSA) is 66.5 Å². The van der Waals surface area contributed by atoms with Gasteiger partial charge in [0.2, 0.25) is 0 Å². The highest BCUT2D eigenvalue weighted by Gasteiger charge is 2.19. The van der Waals surface area contributed by atoms with Crippen LogP contribution < -0.4 is 4.72 Å². The first kappa shape index (κ1) is 20.3. The van der Waals surface area contributed by atoms with Crippen LogP contribution in [0.1, 0.15) is 37.0 Å². The molecule has 0 saturated carbocycles. The Labute approximate surface area is 160 Å². The Balaban J connectivity index is 2.28. The van der Waals surface area contributed by atoms with E-state index in [4.69, 9.17) is 11.6 Å². The van der Waals surface area contributed by atoms with Crippen LogP contribution in [0.2, 0.25) is 5.02 Å². The third kappa shape index (κ3) is 5.22. The van der Waals surface area contributed by atoms with Crippen molar-refractivity contribution in [3.8, 4) is 0 Å². The fourth-order valence-electron chi connectivity index (χ4n) is 2.60. The fraction of sp³-hybridized carbons (Fsp3) is 0.316. The highest BCUT2D eigenvalue weighted by atomic mass is 35.5. The van der Waals surface area contributed by atoms with Crippen molar-refractivity contribution in [3.05, 3.63) is 59.1 Å². The van der Waals surface area contributed by atoms with Gasteiger partial charge in [-0.05, 0) is 49.2 Å². The van der Waals surface area contributed by atoms with Crippen LogP contribution in [0.4, 0.5) is 5.69 Å². The largest absolute Gasteiger partial charge is 0.339 e. The summed E-state index contributed by atoms with van der Waals surface area (Å²) in [6.45, 7) is 5.30. The van der Waals surface area contributed by atoms with Crippen molar-refractivity contribution in [1.82, 2.24) is 4.90 Å². The molecule has 0 atom stereocenters. The Hall–Kier alpha value is -2.05. The van der Waals surface area contributed by atoms with Crippen LogP contribution in [-0.4, -0.2) is 32.3 Å². The van der Waals surface area contributed by atoms with Gasteiger partial charge in [0, 0.05) is 23.7 Å². The van der Waals surface area contributed by atoms with E-state index >= 15 is 0 Å². The zero-order valence-corrected chi connectivity index (χ0v) is 16.5. The van der Waals surface area contributed by atoms with Gasteiger partial charge in [0.15, 0.2) is 0 Å². The Morgan fingerprint density at radius 3 is 2.31 bits per heavy atom. The van der Waals surface area contributed by atoms with Crippen LogP contribution >= 0.6 is 11.6 Å². The van der Waals surface area contributed by atoms with E-state index in [2.05, 4.69) is 4.72 Å². The van der Waals surface area contributed by atoms with E-state index in [1.165, 1.54) is 18.2 Å². The Morgan fingerprint density at radius 2 is 1.69 bits per heavy atom. The first-order chi connectivity index (χ1) is 12.4. The SMILES string of the molecule is CCCN(CCC)C(=O)c1cccc(S(=O)(=O)Nc2cccc(Cl)c2)c1. The highest BCUT2D eigenvalue weighted by molar-refractivity contribution is 7.92. The second kappa shape index (κ2) is 9.05. The quantitative estimate of drug-likeness (QED) is 0.721. The molecule has 0 aliphatic heterocycles. The molecule has 5 nitrogen and oxygen atoms in total. The van der Waals surface area contributed by atoms with Gasteiger partial charge in [-0.15, -0.1) is 0 Å². The number of anilines is 1. The summed E-state index contributed by atoms with van der Waals surface area (Å²) in [4.78, 5) is 14.5. The van der Waals surface area contributed by atoms with Gasteiger partial charge >= 0.3 is 0 Å². The van der Waals surface area contributed by atoms with Crippen molar-refractivity contribution in [2.75, 3.05) is 17.8 Å². The molecule has 140 valence electrons. The number of carbonyl (C=O) groups is 1. The molecule has 2 aromatic rings. The number of nitrogens with zero attached hydrogens (tertiary/aromatic N) is 1. The van der Waals surface area contributed by atoms with Crippen molar-refractivity contribution in [3.63, 3.8) is 0 Å². The van der Waals surface area contributed by atoms with E-state index in [0.717, 1.165) is 12.8 Å². The minimum absolute atomic E-state index is 0.0382. The monoisotopic (exact) mass is 394 g/mol. The van der Waals surface area contributed by atoms with Crippen LogP contribution in [0.15, 0.2) is 53.4 Å². The summed E-state index contributed by atoms with van der Waals surface area (Å²) >= 11 is 5.90. The Morgan fingerprint density at radius 1 is 1.04 bits per heavy atom. The molecule has 2 rings (SSSR count). The van der Waals surface area contributed by atoms with Gasteiger partial charge in [0.1, 0.15) is 0 Å². The minimum atomic E-state index is -3.82. The third-order valence-corrected chi connectivity index (χ3v) is 5.36. The molecule has 0 heterocycles. The molecule has 0 aliphatic carbocycles. The molecule has 0 saturated heterocycles. The number of sulfonamides is 1. The molecule has 2 aromatic carbocycles. The predicted molar refractivity (Wildman–Crippen MR) is 105 cm³/mol. The second-order valence-corrected chi connectivity index (χ2v) is 8.05. The van der Waals surface area contributed by atoms with Gasteiger partial charge in [0.25, 0.3) is 15.9 Å². The van der Waals surface area contributed by atoms with E-state index in [9.17, 15) is 13.2 Å². The van der Waals surface area contributed by atoms with Crippen molar-refractivity contribution in [2.45, 2.75) is 31.6 Å². The van der Waals surface area contributed by atoms with Gasteiger partial charge < -0.3 is 4.90 Å². The van der Waals surface area contributed by atoms with E-state index in [1.807, 2.05) is 13.8 Å². The molecule has 26 heavy (non-hydrogen) atoms. The number of carbonyl (C=O) groups excluding carboxylic acids is 1. The molecule has 0 bridgehead atoms. The average molecular weight is 395 g/mol. The van der Waals surface area contributed by atoms with Gasteiger partial charge in [-0.3, -0.25) is 9.52 Å². The molecular formula is C19H23ClN2O3S. The molecule has 0 aromatic heterocycles.